The van der Waals surface area contributed by atoms with Gasteiger partial charge >= 0.3 is 0 Å². The van der Waals surface area contributed by atoms with Crippen LogP contribution in [-0.4, -0.2) is 39.6 Å². The van der Waals surface area contributed by atoms with Gasteiger partial charge in [-0.15, -0.1) is 24.0 Å². The normalized spacial score (nSPS) is 14.9. The summed E-state index contributed by atoms with van der Waals surface area (Å²) in [4.78, 5) is 4.79. The first-order valence-corrected chi connectivity index (χ1v) is 11.9. The van der Waals surface area contributed by atoms with Gasteiger partial charge in [-0.25, -0.2) is 22.5 Å². The Morgan fingerprint density at radius 1 is 1.16 bits per heavy atom. The topological polar surface area (TPSA) is 91.8 Å². The van der Waals surface area contributed by atoms with E-state index in [4.69, 9.17) is 4.74 Å². The molecule has 3 N–H and O–H groups in total. The number of para-hydroxylation sites is 1. The maximum Gasteiger partial charge on any atom is 0.240 e. The smallest absolute Gasteiger partial charge is 0.240 e. The molecule has 0 amide bonds. The molecule has 10 heteroatoms. The minimum absolute atomic E-state index is 0. The fourth-order valence-electron chi connectivity index (χ4n) is 2.81. The van der Waals surface area contributed by atoms with Gasteiger partial charge in [-0.2, -0.15) is 0 Å². The Labute approximate surface area is 206 Å². The van der Waals surface area contributed by atoms with Crippen LogP contribution >= 0.6 is 24.0 Å². The summed E-state index contributed by atoms with van der Waals surface area (Å²) >= 11 is 0. The molecule has 1 fully saturated rings. The highest BCUT2D eigenvalue weighted by Gasteiger charge is 2.27. The molecule has 0 heterocycles. The Balaban J connectivity index is 0.00000363. The maximum atomic E-state index is 13.7. The third-order valence-corrected chi connectivity index (χ3v) is 6.15. The SMILES string of the molecule is CCNC(=NCc1ccc(S(=O)(=O)NC2CC2)cc1)NCC(C)Oc1ccccc1F.I. The summed E-state index contributed by atoms with van der Waals surface area (Å²) in [6.45, 7) is 5.30. The molecule has 0 bridgehead atoms. The van der Waals surface area contributed by atoms with Gasteiger partial charge in [0.15, 0.2) is 17.5 Å². The third-order valence-electron chi connectivity index (χ3n) is 4.62. The van der Waals surface area contributed by atoms with E-state index in [0.717, 1.165) is 18.4 Å². The van der Waals surface area contributed by atoms with Crippen LogP contribution in [0.5, 0.6) is 5.75 Å². The molecule has 0 aromatic heterocycles. The van der Waals surface area contributed by atoms with E-state index >= 15 is 0 Å². The molecular weight excluding hydrogens is 546 g/mol. The largest absolute Gasteiger partial charge is 0.486 e. The molecule has 1 aliphatic rings. The molecule has 0 spiro atoms. The number of ether oxygens (including phenoxy) is 1. The highest BCUT2D eigenvalue weighted by atomic mass is 127. The monoisotopic (exact) mass is 576 g/mol. The van der Waals surface area contributed by atoms with E-state index < -0.39 is 15.8 Å². The second kappa shape index (κ2) is 12.4. The fraction of sp³-hybridized carbons (Fsp3) is 0.409. The lowest BCUT2D eigenvalue weighted by Gasteiger charge is -2.18. The van der Waals surface area contributed by atoms with Crippen LogP contribution in [0.4, 0.5) is 4.39 Å². The van der Waals surface area contributed by atoms with Gasteiger partial charge in [0.05, 0.1) is 18.0 Å². The van der Waals surface area contributed by atoms with Crippen LogP contribution in [0.15, 0.2) is 58.4 Å². The molecule has 0 radical (unpaired) electrons. The molecule has 2 aromatic rings. The van der Waals surface area contributed by atoms with Crippen LogP contribution in [-0.2, 0) is 16.6 Å². The fourth-order valence-corrected chi connectivity index (χ4v) is 4.12. The molecule has 0 saturated heterocycles. The Kier molecular flexibility index (Phi) is 10.2. The maximum absolute atomic E-state index is 13.7. The Morgan fingerprint density at radius 2 is 1.84 bits per heavy atom. The first kappa shape index (κ1) is 26.3. The van der Waals surface area contributed by atoms with Gasteiger partial charge in [0.25, 0.3) is 0 Å². The second-order valence-electron chi connectivity index (χ2n) is 7.47. The number of halogens is 2. The van der Waals surface area contributed by atoms with Gasteiger partial charge in [-0.1, -0.05) is 24.3 Å². The van der Waals surface area contributed by atoms with Crippen LogP contribution in [0.1, 0.15) is 32.3 Å². The van der Waals surface area contributed by atoms with Gasteiger partial charge in [-0.3, -0.25) is 0 Å². The van der Waals surface area contributed by atoms with E-state index in [2.05, 4.69) is 20.3 Å². The lowest BCUT2D eigenvalue weighted by molar-refractivity contribution is 0.214. The zero-order valence-corrected chi connectivity index (χ0v) is 21.3. The predicted molar refractivity (Wildman–Crippen MR) is 135 cm³/mol. The number of nitrogens with zero attached hydrogens (tertiary/aromatic N) is 1. The van der Waals surface area contributed by atoms with Crippen molar-refractivity contribution in [3.63, 3.8) is 0 Å². The van der Waals surface area contributed by atoms with E-state index in [1.807, 2.05) is 13.8 Å². The Hall–Kier alpha value is -1.92. The van der Waals surface area contributed by atoms with E-state index in [9.17, 15) is 12.8 Å². The molecule has 0 aliphatic heterocycles. The van der Waals surface area contributed by atoms with Crippen LogP contribution < -0.4 is 20.1 Å². The molecular formula is C22H30FIN4O3S. The lowest BCUT2D eigenvalue weighted by atomic mass is 10.2. The zero-order valence-electron chi connectivity index (χ0n) is 18.2. The number of benzene rings is 2. The van der Waals surface area contributed by atoms with Crippen molar-refractivity contribution in [3.05, 3.63) is 59.9 Å². The number of aliphatic imine (C=N–C) groups is 1. The van der Waals surface area contributed by atoms with E-state index in [1.54, 1.807) is 42.5 Å². The molecule has 1 saturated carbocycles. The number of guanidine groups is 1. The molecule has 7 nitrogen and oxygen atoms in total. The van der Waals surface area contributed by atoms with Gasteiger partial charge in [0.2, 0.25) is 10.0 Å². The van der Waals surface area contributed by atoms with Crippen molar-refractivity contribution >= 4 is 40.0 Å². The zero-order chi connectivity index (χ0) is 22.3. The minimum Gasteiger partial charge on any atom is -0.486 e. The number of hydrogen-bond acceptors (Lipinski definition) is 4. The molecule has 3 rings (SSSR count). The van der Waals surface area contributed by atoms with Gasteiger partial charge in [0.1, 0.15) is 6.10 Å². The highest BCUT2D eigenvalue weighted by Crippen LogP contribution is 2.22. The van der Waals surface area contributed by atoms with Crippen molar-refractivity contribution in [1.29, 1.82) is 0 Å². The Morgan fingerprint density at radius 3 is 2.47 bits per heavy atom. The minimum atomic E-state index is -3.45. The van der Waals surface area contributed by atoms with Crippen molar-refractivity contribution < 1.29 is 17.5 Å². The first-order chi connectivity index (χ1) is 14.9. The summed E-state index contributed by atoms with van der Waals surface area (Å²) in [6.07, 6.45) is 1.52. The Bertz CT molecular complexity index is 998. The third kappa shape index (κ3) is 8.21. The van der Waals surface area contributed by atoms with Crippen molar-refractivity contribution in [1.82, 2.24) is 15.4 Å². The molecule has 1 aliphatic carbocycles. The second-order valence-corrected chi connectivity index (χ2v) is 9.19. The van der Waals surface area contributed by atoms with E-state index in [0.29, 0.717) is 25.6 Å². The summed E-state index contributed by atoms with van der Waals surface area (Å²) in [7, 11) is -3.45. The first-order valence-electron chi connectivity index (χ1n) is 10.4. The van der Waals surface area contributed by atoms with Gasteiger partial charge < -0.3 is 15.4 Å². The van der Waals surface area contributed by atoms with Crippen molar-refractivity contribution in [2.75, 3.05) is 13.1 Å². The van der Waals surface area contributed by atoms with Gasteiger partial charge in [-0.05, 0) is 56.5 Å². The van der Waals surface area contributed by atoms with Crippen LogP contribution in [0.2, 0.25) is 0 Å². The molecule has 1 atom stereocenters. The van der Waals surface area contributed by atoms with Crippen LogP contribution in [0.3, 0.4) is 0 Å². The number of hydrogen-bond donors (Lipinski definition) is 3. The van der Waals surface area contributed by atoms with Crippen LogP contribution in [0.25, 0.3) is 0 Å². The van der Waals surface area contributed by atoms with Crippen molar-refractivity contribution in [3.8, 4) is 5.75 Å². The quantitative estimate of drug-likeness (QED) is 0.229. The average Bonchev–Trinajstić information content (AvgIpc) is 3.55. The summed E-state index contributed by atoms with van der Waals surface area (Å²) in [5.74, 6) is 0.413. The molecule has 176 valence electrons. The predicted octanol–water partition coefficient (Wildman–Crippen LogP) is 3.41. The standard InChI is InChI=1S/C22H29FN4O3S.HI/c1-3-24-22(25-14-16(2)30-21-7-5-4-6-20(21)23)26-15-17-8-12-19(13-9-17)31(28,29)27-18-10-11-18;/h4-9,12-13,16,18,27H,3,10-11,14-15H2,1-2H3,(H2,24,25,26);1H. The average molecular weight is 576 g/mol. The summed E-state index contributed by atoms with van der Waals surface area (Å²) < 4.78 is 46.5. The molecule has 32 heavy (non-hydrogen) atoms. The molecule has 2 aromatic carbocycles. The summed E-state index contributed by atoms with van der Waals surface area (Å²) in [5.41, 5.74) is 0.887. The number of nitrogens with one attached hydrogen (secondary N) is 3. The van der Waals surface area contributed by atoms with E-state index in [1.165, 1.54) is 6.07 Å². The highest BCUT2D eigenvalue weighted by molar-refractivity contribution is 14.0. The lowest BCUT2D eigenvalue weighted by Crippen LogP contribution is -2.41. The van der Waals surface area contributed by atoms with Crippen molar-refractivity contribution in [2.45, 2.75) is 50.3 Å². The van der Waals surface area contributed by atoms with Crippen molar-refractivity contribution in [2.24, 2.45) is 4.99 Å². The summed E-state index contributed by atoms with van der Waals surface area (Å²) in [5, 5.41) is 6.33. The number of sulfonamides is 1. The molecule has 1 unspecified atom stereocenters. The van der Waals surface area contributed by atoms with E-state index in [-0.39, 0.29) is 46.8 Å². The number of rotatable bonds is 10. The van der Waals surface area contributed by atoms with Crippen LogP contribution in [0, 0.1) is 5.82 Å². The van der Waals surface area contributed by atoms with Gasteiger partial charge in [0, 0.05) is 12.6 Å². The summed E-state index contributed by atoms with van der Waals surface area (Å²) in [6, 6.07) is 13.1.